The minimum atomic E-state index is -0.793. The molecular weight excluding hydrogens is 178 g/mol. The van der Waals surface area contributed by atoms with E-state index >= 15 is 0 Å². The van der Waals surface area contributed by atoms with E-state index < -0.39 is 5.97 Å². The molecule has 2 aromatic heterocycles. The van der Waals surface area contributed by atoms with Crippen LogP contribution in [0.4, 0.5) is 0 Å². The summed E-state index contributed by atoms with van der Waals surface area (Å²) in [6, 6.07) is 5.89. The number of nitrogens with zero attached hydrogens (tertiary/aromatic N) is 1. The maximum absolute atomic E-state index is 10.5. The van der Waals surface area contributed by atoms with Crippen molar-refractivity contribution in [3.8, 4) is 0 Å². The minimum absolute atomic E-state index is 0.0844. The monoisotopic (exact) mass is 189 g/mol. The Balaban J connectivity index is 2.51. The molecule has 0 aliphatic heterocycles. The SMILES string of the molecule is Cc1cccn2cc(CC(=O)O)cc12. The molecule has 0 aliphatic rings. The average molecular weight is 189 g/mol. The first kappa shape index (κ1) is 8.81. The Labute approximate surface area is 81.6 Å². The molecule has 3 nitrogen and oxygen atoms in total. The van der Waals surface area contributed by atoms with Crippen LogP contribution in [0.25, 0.3) is 5.52 Å². The van der Waals surface area contributed by atoms with Crippen molar-refractivity contribution in [3.05, 3.63) is 41.7 Å². The van der Waals surface area contributed by atoms with Gasteiger partial charge >= 0.3 is 5.97 Å². The van der Waals surface area contributed by atoms with E-state index in [0.29, 0.717) is 0 Å². The van der Waals surface area contributed by atoms with Gasteiger partial charge in [-0.1, -0.05) is 6.07 Å². The van der Waals surface area contributed by atoms with Gasteiger partial charge in [-0.2, -0.15) is 0 Å². The normalized spacial score (nSPS) is 10.6. The highest BCUT2D eigenvalue weighted by Gasteiger charge is 2.04. The van der Waals surface area contributed by atoms with Crippen molar-refractivity contribution < 1.29 is 9.90 Å². The van der Waals surface area contributed by atoms with Gasteiger partial charge in [0.15, 0.2) is 0 Å². The lowest BCUT2D eigenvalue weighted by Crippen LogP contribution is -1.98. The highest BCUT2D eigenvalue weighted by molar-refractivity contribution is 5.71. The number of rotatable bonds is 2. The van der Waals surface area contributed by atoms with Crippen LogP contribution in [0.1, 0.15) is 11.1 Å². The molecule has 1 N–H and O–H groups in total. The van der Waals surface area contributed by atoms with Gasteiger partial charge in [0.25, 0.3) is 0 Å². The topological polar surface area (TPSA) is 41.7 Å². The zero-order chi connectivity index (χ0) is 10.1. The molecule has 0 atom stereocenters. The second-order valence-electron chi connectivity index (χ2n) is 3.40. The molecule has 0 saturated heterocycles. The maximum Gasteiger partial charge on any atom is 0.307 e. The first-order valence-corrected chi connectivity index (χ1v) is 4.45. The van der Waals surface area contributed by atoms with Crippen LogP contribution in [0, 0.1) is 6.92 Å². The van der Waals surface area contributed by atoms with Crippen molar-refractivity contribution >= 4 is 11.5 Å². The summed E-state index contributed by atoms with van der Waals surface area (Å²) < 4.78 is 1.95. The van der Waals surface area contributed by atoms with Gasteiger partial charge < -0.3 is 9.51 Å². The van der Waals surface area contributed by atoms with Gasteiger partial charge in [-0.05, 0) is 30.2 Å². The van der Waals surface area contributed by atoms with E-state index in [1.54, 1.807) is 0 Å². The van der Waals surface area contributed by atoms with Gasteiger partial charge in [-0.3, -0.25) is 4.79 Å². The number of aliphatic carboxylic acids is 1. The number of carboxylic acids is 1. The largest absolute Gasteiger partial charge is 0.481 e. The Morgan fingerprint density at radius 1 is 1.57 bits per heavy atom. The summed E-state index contributed by atoms with van der Waals surface area (Å²) in [5.74, 6) is -0.793. The fourth-order valence-corrected chi connectivity index (χ4v) is 1.61. The first-order valence-electron chi connectivity index (χ1n) is 4.45. The van der Waals surface area contributed by atoms with Gasteiger partial charge in [0.1, 0.15) is 0 Å². The van der Waals surface area contributed by atoms with Gasteiger partial charge in [-0.25, -0.2) is 0 Å². The number of aromatic nitrogens is 1. The summed E-state index contributed by atoms with van der Waals surface area (Å²) in [5.41, 5.74) is 3.07. The molecule has 0 bridgehead atoms. The second kappa shape index (κ2) is 3.18. The zero-order valence-corrected chi connectivity index (χ0v) is 7.90. The third kappa shape index (κ3) is 1.48. The van der Waals surface area contributed by atoms with Crippen molar-refractivity contribution in [2.24, 2.45) is 0 Å². The highest BCUT2D eigenvalue weighted by atomic mass is 16.4. The third-order valence-corrected chi connectivity index (χ3v) is 2.26. The minimum Gasteiger partial charge on any atom is -0.481 e. The molecular formula is C11H11NO2. The number of pyridine rings is 1. The predicted octanol–water partition coefficient (Wildman–Crippen LogP) is 1.87. The Morgan fingerprint density at radius 3 is 3.00 bits per heavy atom. The van der Waals surface area contributed by atoms with E-state index in [1.807, 2.05) is 41.9 Å². The fraction of sp³-hybridized carbons (Fsp3) is 0.182. The van der Waals surface area contributed by atoms with Crippen LogP contribution in [-0.4, -0.2) is 15.5 Å². The molecule has 2 rings (SSSR count). The third-order valence-electron chi connectivity index (χ3n) is 2.26. The molecule has 72 valence electrons. The molecule has 2 aromatic rings. The van der Waals surface area contributed by atoms with Crippen LogP contribution in [-0.2, 0) is 11.2 Å². The second-order valence-corrected chi connectivity index (χ2v) is 3.40. The molecule has 0 saturated carbocycles. The van der Waals surface area contributed by atoms with E-state index in [4.69, 9.17) is 5.11 Å². The Hall–Kier alpha value is -1.77. The van der Waals surface area contributed by atoms with E-state index in [2.05, 4.69) is 0 Å². The molecule has 3 heteroatoms. The van der Waals surface area contributed by atoms with Crippen molar-refractivity contribution in [2.45, 2.75) is 13.3 Å². The standard InChI is InChI=1S/C11H11NO2/c1-8-3-2-4-12-7-9(5-10(8)12)6-11(13)14/h2-5,7H,6H2,1H3,(H,13,14). The van der Waals surface area contributed by atoms with Crippen LogP contribution in [0.15, 0.2) is 30.6 Å². The lowest BCUT2D eigenvalue weighted by molar-refractivity contribution is -0.136. The molecule has 0 amide bonds. The van der Waals surface area contributed by atoms with Gasteiger partial charge in [-0.15, -0.1) is 0 Å². The molecule has 0 aliphatic carbocycles. The van der Waals surface area contributed by atoms with Crippen molar-refractivity contribution in [1.82, 2.24) is 4.40 Å². The number of hydrogen-bond acceptors (Lipinski definition) is 1. The van der Waals surface area contributed by atoms with Crippen molar-refractivity contribution in [2.75, 3.05) is 0 Å². The fourth-order valence-electron chi connectivity index (χ4n) is 1.61. The maximum atomic E-state index is 10.5. The Bertz CT molecular complexity index is 485. The number of carbonyl (C=O) groups is 1. The molecule has 0 spiro atoms. The van der Waals surface area contributed by atoms with Crippen LogP contribution in [0.5, 0.6) is 0 Å². The molecule has 2 heterocycles. The van der Waals surface area contributed by atoms with Crippen LogP contribution in [0.2, 0.25) is 0 Å². The summed E-state index contributed by atoms with van der Waals surface area (Å²) >= 11 is 0. The highest BCUT2D eigenvalue weighted by Crippen LogP contribution is 2.14. The number of carboxylic acid groups (broad SMARTS) is 1. The summed E-state index contributed by atoms with van der Waals surface area (Å²) in [7, 11) is 0. The predicted molar refractivity (Wildman–Crippen MR) is 53.5 cm³/mol. The Kier molecular flexibility index (Phi) is 2.00. The van der Waals surface area contributed by atoms with Crippen molar-refractivity contribution in [3.63, 3.8) is 0 Å². The molecule has 0 fully saturated rings. The zero-order valence-electron chi connectivity index (χ0n) is 7.90. The smallest absolute Gasteiger partial charge is 0.307 e. The lowest BCUT2D eigenvalue weighted by atomic mass is 10.2. The summed E-state index contributed by atoms with van der Waals surface area (Å²) in [6.07, 6.45) is 3.87. The van der Waals surface area contributed by atoms with Gasteiger partial charge in [0.05, 0.1) is 6.42 Å². The molecule has 0 radical (unpaired) electrons. The Morgan fingerprint density at radius 2 is 2.36 bits per heavy atom. The molecule has 0 unspecified atom stereocenters. The van der Waals surface area contributed by atoms with Crippen LogP contribution < -0.4 is 0 Å². The van der Waals surface area contributed by atoms with Gasteiger partial charge in [0.2, 0.25) is 0 Å². The summed E-state index contributed by atoms with van der Waals surface area (Å²) in [6.45, 7) is 2.01. The van der Waals surface area contributed by atoms with E-state index in [-0.39, 0.29) is 6.42 Å². The number of hydrogen-bond donors (Lipinski definition) is 1. The van der Waals surface area contributed by atoms with Gasteiger partial charge in [0, 0.05) is 17.9 Å². The summed E-state index contributed by atoms with van der Waals surface area (Å²) in [4.78, 5) is 10.5. The molecule has 0 aromatic carbocycles. The first-order chi connectivity index (χ1) is 6.66. The number of fused-ring (bicyclic) bond motifs is 1. The molecule has 14 heavy (non-hydrogen) atoms. The average Bonchev–Trinajstić information content (AvgIpc) is 2.47. The van der Waals surface area contributed by atoms with Crippen LogP contribution in [0.3, 0.4) is 0 Å². The van der Waals surface area contributed by atoms with Crippen molar-refractivity contribution in [1.29, 1.82) is 0 Å². The quantitative estimate of drug-likeness (QED) is 0.783. The van der Waals surface area contributed by atoms with E-state index in [1.165, 1.54) is 0 Å². The lowest BCUT2D eigenvalue weighted by Gasteiger charge is -1.95. The van der Waals surface area contributed by atoms with E-state index in [9.17, 15) is 4.79 Å². The van der Waals surface area contributed by atoms with E-state index in [0.717, 1.165) is 16.6 Å². The summed E-state index contributed by atoms with van der Waals surface area (Å²) in [5, 5.41) is 8.65. The number of aryl methyl sites for hydroxylation is 1. The van der Waals surface area contributed by atoms with Crippen LogP contribution >= 0.6 is 0 Å².